The molecule has 0 radical (unpaired) electrons. The molecule has 0 aliphatic heterocycles. The van der Waals surface area contributed by atoms with Crippen LogP contribution in [-0.2, 0) is 16.6 Å². The van der Waals surface area contributed by atoms with Crippen LogP contribution in [-0.4, -0.2) is 13.5 Å². The van der Waals surface area contributed by atoms with Gasteiger partial charge in [0.25, 0.3) is 10.0 Å². The van der Waals surface area contributed by atoms with E-state index in [1.165, 1.54) is 29.5 Å². The smallest absolute Gasteiger partial charge is 0.263 e. The van der Waals surface area contributed by atoms with Gasteiger partial charge >= 0.3 is 0 Å². The van der Waals surface area contributed by atoms with Crippen molar-refractivity contribution in [2.45, 2.75) is 25.3 Å². The van der Waals surface area contributed by atoms with Gasteiger partial charge in [0, 0.05) is 9.75 Å². The number of hydrogen-bond acceptors (Lipinski definition) is 4. The van der Waals surface area contributed by atoms with Crippen molar-refractivity contribution in [1.82, 2.24) is 0 Å². The van der Waals surface area contributed by atoms with E-state index in [1.54, 1.807) is 19.9 Å². The third-order valence-electron chi connectivity index (χ3n) is 2.74. The van der Waals surface area contributed by atoms with Crippen LogP contribution < -0.4 is 4.72 Å². The Labute approximate surface area is 120 Å². The number of anilines is 1. The lowest BCUT2D eigenvalue weighted by Crippen LogP contribution is -2.14. The van der Waals surface area contributed by atoms with Gasteiger partial charge in [0.2, 0.25) is 0 Å². The van der Waals surface area contributed by atoms with Gasteiger partial charge in [-0.15, -0.1) is 11.3 Å². The lowest BCUT2D eigenvalue weighted by molar-refractivity contribution is 0.285. The maximum atomic E-state index is 13.7. The van der Waals surface area contributed by atoms with Gasteiger partial charge in [-0.05, 0) is 37.6 Å². The van der Waals surface area contributed by atoms with Crippen LogP contribution >= 0.6 is 11.3 Å². The minimum absolute atomic E-state index is 0.0616. The van der Waals surface area contributed by atoms with E-state index in [4.69, 9.17) is 5.11 Å². The fourth-order valence-electron chi connectivity index (χ4n) is 1.77. The number of halogens is 1. The highest BCUT2D eigenvalue weighted by atomic mass is 32.2. The van der Waals surface area contributed by atoms with Crippen molar-refractivity contribution >= 4 is 27.0 Å². The fourth-order valence-corrected chi connectivity index (χ4v) is 4.34. The Kier molecular flexibility index (Phi) is 4.12. The summed E-state index contributed by atoms with van der Waals surface area (Å²) in [6.45, 7) is 3.14. The zero-order valence-electron chi connectivity index (χ0n) is 11.0. The monoisotopic (exact) mass is 315 g/mol. The number of sulfonamides is 1. The lowest BCUT2D eigenvalue weighted by Gasteiger charge is -2.09. The second-order valence-electron chi connectivity index (χ2n) is 4.38. The van der Waals surface area contributed by atoms with Crippen LogP contribution in [0.1, 0.15) is 15.3 Å². The molecule has 1 heterocycles. The van der Waals surface area contributed by atoms with E-state index >= 15 is 0 Å². The van der Waals surface area contributed by atoms with E-state index < -0.39 is 15.8 Å². The molecule has 0 aliphatic carbocycles. The number of rotatable bonds is 4. The van der Waals surface area contributed by atoms with Gasteiger partial charge in [-0.25, -0.2) is 12.8 Å². The molecule has 108 valence electrons. The summed E-state index contributed by atoms with van der Waals surface area (Å²) in [6.07, 6.45) is 0. The zero-order valence-corrected chi connectivity index (χ0v) is 12.6. The normalized spacial score (nSPS) is 11.6. The van der Waals surface area contributed by atoms with E-state index in [-0.39, 0.29) is 17.2 Å². The predicted octanol–water partition coefficient (Wildman–Crippen LogP) is 2.80. The molecule has 2 N–H and O–H groups in total. The molecule has 0 amide bonds. The first kappa shape index (κ1) is 15.0. The summed E-state index contributed by atoms with van der Waals surface area (Å²) in [7, 11) is -3.86. The first-order valence-corrected chi connectivity index (χ1v) is 8.12. The van der Waals surface area contributed by atoms with Gasteiger partial charge in [0.05, 0.1) is 12.3 Å². The van der Waals surface area contributed by atoms with E-state index in [2.05, 4.69) is 4.72 Å². The number of benzene rings is 1. The largest absolute Gasteiger partial charge is 0.391 e. The number of thiophene rings is 1. The second kappa shape index (κ2) is 5.51. The van der Waals surface area contributed by atoms with Crippen LogP contribution in [0.4, 0.5) is 10.1 Å². The Balaban J connectivity index is 2.38. The number of aryl methyl sites for hydroxylation is 2. The van der Waals surface area contributed by atoms with Crippen molar-refractivity contribution in [1.29, 1.82) is 0 Å². The van der Waals surface area contributed by atoms with Crippen molar-refractivity contribution in [2.75, 3.05) is 4.72 Å². The van der Waals surface area contributed by atoms with Crippen LogP contribution in [0.5, 0.6) is 0 Å². The SMILES string of the molecule is Cc1ccc(NS(=O)(=O)c2cc(CO)sc2C)c(F)c1. The highest BCUT2D eigenvalue weighted by Crippen LogP contribution is 2.28. The van der Waals surface area contributed by atoms with Crippen LogP contribution in [0, 0.1) is 19.7 Å². The molecule has 0 unspecified atom stereocenters. The molecule has 0 spiro atoms. The van der Waals surface area contributed by atoms with Crippen molar-refractivity contribution in [3.63, 3.8) is 0 Å². The van der Waals surface area contributed by atoms with Gasteiger partial charge in [-0.1, -0.05) is 6.07 Å². The minimum Gasteiger partial charge on any atom is -0.391 e. The standard InChI is InChI=1S/C13H14FNO3S2/c1-8-3-4-12(11(14)5-8)15-20(17,18)13-6-10(7-16)19-9(13)2/h3-6,15-16H,7H2,1-2H3. The number of aliphatic hydroxyl groups is 1. The predicted molar refractivity (Wildman–Crippen MR) is 76.9 cm³/mol. The Hall–Kier alpha value is -1.44. The van der Waals surface area contributed by atoms with Crippen LogP contribution in [0.2, 0.25) is 0 Å². The average molecular weight is 315 g/mol. The first-order chi connectivity index (χ1) is 9.33. The summed E-state index contributed by atoms with van der Waals surface area (Å²) in [6, 6.07) is 5.67. The molecule has 0 fully saturated rings. The van der Waals surface area contributed by atoms with Crippen molar-refractivity contribution < 1.29 is 17.9 Å². The van der Waals surface area contributed by atoms with Crippen LogP contribution in [0.15, 0.2) is 29.2 Å². The van der Waals surface area contributed by atoms with Crippen LogP contribution in [0.25, 0.3) is 0 Å². The molecular weight excluding hydrogens is 301 g/mol. The Morgan fingerprint density at radius 2 is 2.00 bits per heavy atom. The number of aliphatic hydroxyl groups excluding tert-OH is 1. The van der Waals surface area contributed by atoms with Gasteiger partial charge in [0.1, 0.15) is 10.7 Å². The summed E-state index contributed by atoms with van der Waals surface area (Å²) in [5.74, 6) is -0.621. The van der Waals surface area contributed by atoms with Crippen LogP contribution in [0.3, 0.4) is 0 Å². The summed E-state index contributed by atoms with van der Waals surface area (Å²) in [4.78, 5) is 1.16. The van der Waals surface area contributed by atoms with E-state index in [1.807, 2.05) is 0 Å². The summed E-state index contributed by atoms with van der Waals surface area (Å²) in [5, 5.41) is 9.04. The van der Waals surface area contributed by atoms with E-state index in [9.17, 15) is 12.8 Å². The highest BCUT2D eigenvalue weighted by Gasteiger charge is 2.21. The second-order valence-corrected chi connectivity index (χ2v) is 7.37. The maximum absolute atomic E-state index is 13.7. The number of hydrogen-bond donors (Lipinski definition) is 2. The highest BCUT2D eigenvalue weighted by molar-refractivity contribution is 7.93. The third-order valence-corrected chi connectivity index (χ3v) is 5.39. The quantitative estimate of drug-likeness (QED) is 0.912. The lowest BCUT2D eigenvalue weighted by atomic mass is 10.2. The molecular formula is C13H14FNO3S2. The summed E-state index contributed by atoms with van der Waals surface area (Å²) in [5.41, 5.74) is 0.617. The fraction of sp³-hybridized carbons (Fsp3) is 0.231. The molecule has 7 heteroatoms. The van der Waals surface area contributed by atoms with Crippen molar-refractivity contribution in [3.8, 4) is 0 Å². The minimum atomic E-state index is -3.86. The van der Waals surface area contributed by atoms with Gasteiger partial charge in [-0.2, -0.15) is 0 Å². The molecule has 0 atom stereocenters. The Bertz CT molecular complexity index is 738. The van der Waals surface area contributed by atoms with E-state index in [0.29, 0.717) is 15.3 Å². The molecule has 1 aromatic carbocycles. The molecule has 0 aliphatic rings. The topological polar surface area (TPSA) is 66.4 Å². The Morgan fingerprint density at radius 3 is 2.55 bits per heavy atom. The average Bonchev–Trinajstić information content (AvgIpc) is 2.75. The third kappa shape index (κ3) is 3.00. The van der Waals surface area contributed by atoms with Crippen molar-refractivity contribution in [3.05, 3.63) is 45.4 Å². The molecule has 0 saturated carbocycles. The Morgan fingerprint density at radius 1 is 1.30 bits per heavy atom. The molecule has 1 aromatic heterocycles. The van der Waals surface area contributed by atoms with E-state index in [0.717, 1.165) is 0 Å². The molecule has 2 aromatic rings. The number of nitrogens with one attached hydrogen (secondary N) is 1. The van der Waals surface area contributed by atoms with Crippen molar-refractivity contribution in [2.24, 2.45) is 0 Å². The maximum Gasteiger partial charge on any atom is 0.263 e. The summed E-state index contributed by atoms with van der Waals surface area (Å²) < 4.78 is 40.4. The molecule has 20 heavy (non-hydrogen) atoms. The molecule has 2 rings (SSSR count). The first-order valence-electron chi connectivity index (χ1n) is 5.82. The molecule has 0 saturated heterocycles. The van der Waals surface area contributed by atoms with Gasteiger partial charge in [-0.3, -0.25) is 4.72 Å². The molecule has 4 nitrogen and oxygen atoms in total. The van der Waals surface area contributed by atoms with Gasteiger partial charge < -0.3 is 5.11 Å². The summed E-state index contributed by atoms with van der Waals surface area (Å²) >= 11 is 1.20. The zero-order chi connectivity index (χ0) is 14.9. The van der Waals surface area contributed by atoms with Gasteiger partial charge in [0.15, 0.2) is 0 Å². The molecule has 0 bridgehead atoms.